The fraction of sp³-hybridized carbons (Fsp3) is 0.200. The van der Waals surface area contributed by atoms with Crippen LogP contribution in [0.3, 0.4) is 0 Å². The maximum Gasteiger partial charge on any atom is 0.255 e. The molecule has 6 nitrogen and oxygen atoms in total. The molecule has 0 fully saturated rings. The first kappa shape index (κ1) is 24.3. The lowest BCUT2D eigenvalue weighted by Crippen LogP contribution is -2.39. The van der Waals surface area contributed by atoms with Gasteiger partial charge in [-0.1, -0.05) is 68.4 Å². The summed E-state index contributed by atoms with van der Waals surface area (Å²) >= 11 is 0. The normalized spacial score (nSPS) is 11.9. The van der Waals surface area contributed by atoms with E-state index in [0.717, 1.165) is 9.87 Å². The standard InChI is InChI=1S/C25H26FN3O3S/c1-19(2)22-12-8-20(9-13-22)16-27-28-25(30)18-29(17-21-10-14-23(26)15-11-21)33(31,32)24-6-4-3-5-7-24/h3-16,19H,17-18H2,1-2H3,(H,28,30)/b27-16-. The molecule has 0 aliphatic carbocycles. The number of hydrazone groups is 1. The van der Waals surface area contributed by atoms with Crippen LogP contribution in [0.25, 0.3) is 0 Å². The zero-order valence-electron chi connectivity index (χ0n) is 18.5. The van der Waals surface area contributed by atoms with Gasteiger partial charge in [0.15, 0.2) is 0 Å². The maximum atomic E-state index is 13.3. The molecule has 0 aliphatic rings. The molecule has 0 unspecified atom stereocenters. The first-order valence-corrected chi connectivity index (χ1v) is 11.9. The molecular weight excluding hydrogens is 441 g/mol. The van der Waals surface area contributed by atoms with Crippen molar-refractivity contribution in [1.82, 2.24) is 9.73 Å². The number of sulfonamides is 1. The van der Waals surface area contributed by atoms with Crippen molar-refractivity contribution in [2.45, 2.75) is 31.2 Å². The molecule has 0 aliphatic heterocycles. The molecule has 0 bridgehead atoms. The Balaban J connectivity index is 1.73. The van der Waals surface area contributed by atoms with E-state index < -0.39 is 28.3 Å². The summed E-state index contributed by atoms with van der Waals surface area (Å²) < 4.78 is 40.6. The van der Waals surface area contributed by atoms with E-state index in [4.69, 9.17) is 0 Å². The van der Waals surface area contributed by atoms with Gasteiger partial charge in [0.25, 0.3) is 5.91 Å². The van der Waals surface area contributed by atoms with Gasteiger partial charge in [-0.3, -0.25) is 4.79 Å². The van der Waals surface area contributed by atoms with Gasteiger partial charge in [0.2, 0.25) is 10.0 Å². The van der Waals surface area contributed by atoms with Crippen molar-refractivity contribution in [3.63, 3.8) is 0 Å². The molecule has 3 aromatic rings. The number of hydrogen-bond donors (Lipinski definition) is 1. The SMILES string of the molecule is CC(C)c1ccc(/C=N\NC(=O)CN(Cc2ccc(F)cc2)S(=O)(=O)c2ccccc2)cc1. The van der Waals surface area contributed by atoms with Gasteiger partial charge in [0, 0.05) is 6.54 Å². The minimum absolute atomic E-state index is 0.0636. The van der Waals surface area contributed by atoms with E-state index in [1.165, 1.54) is 48.2 Å². The molecule has 8 heteroatoms. The van der Waals surface area contributed by atoms with Crippen LogP contribution in [0, 0.1) is 5.82 Å². The summed E-state index contributed by atoms with van der Waals surface area (Å²) in [5, 5.41) is 3.95. The van der Waals surface area contributed by atoms with Gasteiger partial charge >= 0.3 is 0 Å². The largest absolute Gasteiger partial charge is 0.272 e. The molecule has 0 saturated carbocycles. The zero-order valence-corrected chi connectivity index (χ0v) is 19.3. The van der Waals surface area contributed by atoms with Crippen LogP contribution in [0.4, 0.5) is 4.39 Å². The van der Waals surface area contributed by atoms with Crippen molar-refractivity contribution in [2.24, 2.45) is 5.10 Å². The Hall–Kier alpha value is -3.36. The number of amides is 1. The number of benzene rings is 3. The van der Waals surface area contributed by atoms with Gasteiger partial charge in [-0.25, -0.2) is 18.2 Å². The summed E-state index contributed by atoms with van der Waals surface area (Å²) in [5.41, 5.74) is 4.93. The summed E-state index contributed by atoms with van der Waals surface area (Å²) in [6, 6.07) is 21.1. The van der Waals surface area contributed by atoms with Crippen molar-refractivity contribution in [1.29, 1.82) is 0 Å². The van der Waals surface area contributed by atoms with E-state index in [1.54, 1.807) is 18.2 Å². The third-order valence-corrected chi connectivity index (χ3v) is 6.79. The van der Waals surface area contributed by atoms with Crippen LogP contribution in [-0.2, 0) is 21.4 Å². The van der Waals surface area contributed by atoms with Crippen LogP contribution in [0.2, 0.25) is 0 Å². The van der Waals surface area contributed by atoms with E-state index >= 15 is 0 Å². The van der Waals surface area contributed by atoms with Crippen LogP contribution in [0.1, 0.15) is 36.5 Å². The van der Waals surface area contributed by atoms with Gasteiger partial charge in [-0.15, -0.1) is 0 Å². The third-order valence-electron chi connectivity index (χ3n) is 4.98. The van der Waals surface area contributed by atoms with E-state index in [0.29, 0.717) is 11.5 Å². The van der Waals surface area contributed by atoms with Crippen molar-refractivity contribution >= 4 is 22.1 Å². The fourth-order valence-corrected chi connectivity index (χ4v) is 4.51. The molecule has 1 amide bonds. The number of nitrogens with zero attached hydrogens (tertiary/aromatic N) is 2. The van der Waals surface area contributed by atoms with Gasteiger partial charge in [-0.05, 0) is 46.9 Å². The third kappa shape index (κ3) is 6.81. The number of hydrogen-bond acceptors (Lipinski definition) is 4. The van der Waals surface area contributed by atoms with Crippen LogP contribution < -0.4 is 5.43 Å². The molecule has 33 heavy (non-hydrogen) atoms. The summed E-state index contributed by atoms with van der Waals surface area (Å²) in [7, 11) is -3.97. The van der Waals surface area contributed by atoms with Crippen molar-refractivity contribution < 1.29 is 17.6 Å². The molecule has 0 aromatic heterocycles. The van der Waals surface area contributed by atoms with E-state index in [1.807, 2.05) is 24.3 Å². The van der Waals surface area contributed by atoms with Gasteiger partial charge in [-0.2, -0.15) is 9.41 Å². The van der Waals surface area contributed by atoms with Crippen LogP contribution in [0.15, 0.2) is 88.9 Å². The molecule has 0 saturated heterocycles. The second kappa shape index (κ2) is 11.0. The number of carbonyl (C=O) groups excluding carboxylic acids is 1. The van der Waals surface area contributed by atoms with Crippen LogP contribution in [0.5, 0.6) is 0 Å². The number of carbonyl (C=O) groups is 1. The highest BCUT2D eigenvalue weighted by Gasteiger charge is 2.26. The van der Waals surface area contributed by atoms with Crippen LogP contribution >= 0.6 is 0 Å². The summed E-state index contributed by atoms with van der Waals surface area (Å²) in [6.45, 7) is 3.67. The lowest BCUT2D eigenvalue weighted by molar-refractivity contribution is -0.121. The minimum atomic E-state index is -3.97. The summed E-state index contributed by atoms with van der Waals surface area (Å²) in [6.07, 6.45) is 1.50. The van der Waals surface area contributed by atoms with Gasteiger partial charge < -0.3 is 0 Å². The first-order chi connectivity index (χ1) is 15.8. The topological polar surface area (TPSA) is 78.8 Å². The van der Waals surface area contributed by atoms with Gasteiger partial charge in [0.05, 0.1) is 17.7 Å². The molecule has 0 heterocycles. The molecule has 1 N–H and O–H groups in total. The Morgan fingerprint density at radius 2 is 1.64 bits per heavy atom. The lowest BCUT2D eigenvalue weighted by atomic mass is 10.0. The molecular formula is C25H26FN3O3S. The smallest absolute Gasteiger partial charge is 0.255 e. The Morgan fingerprint density at radius 3 is 2.24 bits per heavy atom. The van der Waals surface area contributed by atoms with Crippen molar-refractivity contribution in [2.75, 3.05) is 6.54 Å². The number of halogens is 1. The predicted octanol–water partition coefficient (Wildman–Crippen LogP) is 4.29. The molecule has 3 rings (SSSR count). The predicted molar refractivity (Wildman–Crippen MR) is 127 cm³/mol. The van der Waals surface area contributed by atoms with Crippen molar-refractivity contribution in [3.05, 3.63) is 101 Å². The monoisotopic (exact) mass is 467 g/mol. The summed E-state index contributed by atoms with van der Waals surface area (Å²) in [5.74, 6) is -0.606. The Bertz CT molecular complexity index is 1190. The second-order valence-corrected chi connectivity index (χ2v) is 9.77. The lowest BCUT2D eigenvalue weighted by Gasteiger charge is -2.21. The second-order valence-electron chi connectivity index (χ2n) is 7.83. The minimum Gasteiger partial charge on any atom is -0.272 e. The highest BCUT2D eigenvalue weighted by Crippen LogP contribution is 2.18. The number of nitrogens with one attached hydrogen (secondary N) is 1. The van der Waals surface area contributed by atoms with E-state index in [2.05, 4.69) is 24.4 Å². The molecule has 0 radical (unpaired) electrons. The van der Waals surface area contributed by atoms with E-state index in [9.17, 15) is 17.6 Å². The fourth-order valence-electron chi connectivity index (χ4n) is 3.10. The Labute approximate surface area is 193 Å². The Morgan fingerprint density at radius 1 is 1.00 bits per heavy atom. The van der Waals surface area contributed by atoms with Crippen molar-refractivity contribution in [3.8, 4) is 0 Å². The molecule has 3 aromatic carbocycles. The molecule has 0 atom stereocenters. The zero-order chi connectivity index (χ0) is 23.8. The highest BCUT2D eigenvalue weighted by molar-refractivity contribution is 7.89. The quantitative estimate of drug-likeness (QED) is 0.377. The van der Waals surface area contributed by atoms with Crippen LogP contribution in [-0.4, -0.2) is 31.4 Å². The van der Waals surface area contributed by atoms with Gasteiger partial charge in [0.1, 0.15) is 5.82 Å². The highest BCUT2D eigenvalue weighted by atomic mass is 32.2. The maximum absolute atomic E-state index is 13.3. The molecule has 0 spiro atoms. The molecule has 172 valence electrons. The summed E-state index contributed by atoms with van der Waals surface area (Å²) in [4.78, 5) is 12.6. The first-order valence-electron chi connectivity index (χ1n) is 10.5. The number of rotatable bonds is 9. The Kier molecular flexibility index (Phi) is 8.08. The van der Waals surface area contributed by atoms with E-state index in [-0.39, 0.29) is 11.4 Å². The average Bonchev–Trinajstić information content (AvgIpc) is 2.81. The average molecular weight is 468 g/mol.